The average Bonchev–Trinajstić information content (AvgIpc) is 2.47. The first-order chi connectivity index (χ1) is 9.95. The highest BCUT2D eigenvalue weighted by atomic mass is 32.2. The third-order valence-corrected chi connectivity index (χ3v) is 5.00. The molecule has 0 aliphatic carbocycles. The van der Waals surface area contributed by atoms with E-state index >= 15 is 0 Å². The quantitative estimate of drug-likeness (QED) is 0.924. The summed E-state index contributed by atoms with van der Waals surface area (Å²) >= 11 is 0. The van der Waals surface area contributed by atoms with Crippen molar-refractivity contribution < 1.29 is 12.8 Å². The lowest BCUT2D eigenvalue weighted by atomic mass is 10.2. The van der Waals surface area contributed by atoms with Crippen LogP contribution in [-0.4, -0.2) is 26.8 Å². The monoisotopic (exact) mass is 308 g/mol. The number of benzene rings is 2. The number of nitrogens with zero attached hydrogens (tertiary/aromatic N) is 1. The van der Waals surface area contributed by atoms with Gasteiger partial charge in [0.05, 0.1) is 5.69 Å². The van der Waals surface area contributed by atoms with E-state index in [0.29, 0.717) is 11.3 Å². The predicted molar refractivity (Wildman–Crippen MR) is 81.0 cm³/mol. The number of hydrogen-bond donors (Lipinski definition) is 1. The second kappa shape index (κ2) is 6.24. The van der Waals surface area contributed by atoms with Crippen molar-refractivity contribution in [3.8, 4) is 0 Å². The molecule has 112 valence electrons. The molecule has 0 spiro atoms. The second-order valence-corrected chi connectivity index (χ2v) is 6.65. The molecule has 2 rings (SSSR count). The molecule has 1 N–H and O–H groups in total. The Kier molecular flexibility index (Phi) is 4.59. The highest BCUT2D eigenvalue weighted by Crippen LogP contribution is 2.24. The molecule has 0 unspecified atom stereocenters. The van der Waals surface area contributed by atoms with Gasteiger partial charge in [0.2, 0.25) is 10.0 Å². The van der Waals surface area contributed by atoms with E-state index in [1.807, 2.05) is 0 Å². The summed E-state index contributed by atoms with van der Waals surface area (Å²) in [6.45, 7) is 0.109. The van der Waals surface area contributed by atoms with Gasteiger partial charge in [0.25, 0.3) is 0 Å². The lowest BCUT2D eigenvalue weighted by Gasteiger charge is -2.19. The molecule has 4 nitrogen and oxygen atoms in total. The zero-order valence-corrected chi connectivity index (χ0v) is 12.7. The number of hydrogen-bond acceptors (Lipinski definition) is 3. The van der Waals surface area contributed by atoms with Gasteiger partial charge in [-0.05, 0) is 29.8 Å². The second-order valence-electron chi connectivity index (χ2n) is 4.64. The van der Waals surface area contributed by atoms with E-state index in [-0.39, 0.29) is 17.3 Å². The highest BCUT2D eigenvalue weighted by molar-refractivity contribution is 7.89. The molecule has 0 aliphatic rings. The Labute approximate surface area is 124 Å². The Bertz CT molecular complexity index is 732. The zero-order valence-electron chi connectivity index (χ0n) is 11.9. The molecular formula is C15H17FN2O2S. The largest absolute Gasteiger partial charge is 0.387 e. The van der Waals surface area contributed by atoms with E-state index in [1.165, 1.54) is 23.5 Å². The first kappa shape index (κ1) is 15.5. The van der Waals surface area contributed by atoms with Gasteiger partial charge in [-0.1, -0.05) is 24.3 Å². The van der Waals surface area contributed by atoms with Gasteiger partial charge in [-0.3, -0.25) is 0 Å². The SMILES string of the molecule is CNc1ccccc1S(=O)(=O)N(C)Cc1cccc(F)c1. The molecule has 21 heavy (non-hydrogen) atoms. The van der Waals surface area contributed by atoms with E-state index in [2.05, 4.69) is 5.32 Å². The standard InChI is InChI=1S/C15H17FN2O2S/c1-17-14-8-3-4-9-15(14)21(19,20)18(2)11-12-6-5-7-13(16)10-12/h3-10,17H,11H2,1-2H3. The van der Waals surface area contributed by atoms with E-state index in [0.717, 1.165) is 0 Å². The minimum atomic E-state index is -3.64. The number of rotatable bonds is 5. The van der Waals surface area contributed by atoms with E-state index in [1.54, 1.807) is 43.4 Å². The van der Waals surface area contributed by atoms with Crippen LogP contribution in [0.1, 0.15) is 5.56 Å². The number of anilines is 1. The maximum absolute atomic E-state index is 13.2. The Morgan fingerprint density at radius 2 is 1.86 bits per heavy atom. The van der Waals surface area contributed by atoms with Gasteiger partial charge < -0.3 is 5.32 Å². The first-order valence-corrected chi connectivity index (χ1v) is 7.86. The minimum absolute atomic E-state index is 0.109. The molecule has 0 saturated heterocycles. The lowest BCUT2D eigenvalue weighted by molar-refractivity contribution is 0.465. The van der Waals surface area contributed by atoms with Crippen LogP contribution in [-0.2, 0) is 16.6 Å². The zero-order chi connectivity index (χ0) is 15.5. The Morgan fingerprint density at radius 1 is 1.14 bits per heavy atom. The van der Waals surface area contributed by atoms with Crippen LogP contribution in [0, 0.1) is 5.82 Å². The Hall–Kier alpha value is -1.92. The van der Waals surface area contributed by atoms with Gasteiger partial charge in [-0.2, -0.15) is 4.31 Å². The summed E-state index contributed by atoms with van der Waals surface area (Å²) < 4.78 is 39.6. The van der Waals surface area contributed by atoms with Crippen molar-refractivity contribution in [2.45, 2.75) is 11.4 Å². The predicted octanol–water partition coefficient (Wildman–Crippen LogP) is 2.69. The van der Waals surface area contributed by atoms with Crippen molar-refractivity contribution in [3.05, 3.63) is 59.9 Å². The van der Waals surface area contributed by atoms with Crippen LogP contribution in [0.4, 0.5) is 10.1 Å². The molecule has 0 bridgehead atoms. The molecule has 0 radical (unpaired) electrons. The summed E-state index contributed by atoms with van der Waals surface area (Å²) in [5.74, 6) is -0.381. The van der Waals surface area contributed by atoms with E-state index < -0.39 is 10.0 Å². The van der Waals surface area contributed by atoms with Crippen molar-refractivity contribution in [1.82, 2.24) is 4.31 Å². The van der Waals surface area contributed by atoms with Crippen LogP contribution in [0.2, 0.25) is 0 Å². The topological polar surface area (TPSA) is 49.4 Å². The third-order valence-electron chi connectivity index (χ3n) is 3.14. The molecule has 2 aromatic carbocycles. The van der Waals surface area contributed by atoms with E-state index in [4.69, 9.17) is 0 Å². The van der Waals surface area contributed by atoms with Crippen molar-refractivity contribution >= 4 is 15.7 Å². The van der Waals surface area contributed by atoms with Crippen molar-refractivity contribution in [3.63, 3.8) is 0 Å². The molecule has 0 atom stereocenters. The molecule has 0 amide bonds. The van der Waals surface area contributed by atoms with Gasteiger partial charge in [0.1, 0.15) is 10.7 Å². The van der Waals surface area contributed by atoms with Crippen LogP contribution >= 0.6 is 0 Å². The number of para-hydroxylation sites is 1. The fourth-order valence-corrected chi connectivity index (χ4v) is 3.40. The third kappa shape index (κ3) is 3.40. The summed E-state index contributed by atoms with van der Waals surface area (Å²) in [6.07, 6.45) is 0. The van der Waals surface area contributed by atoms with Crippen LogP contribution in [0.3, 0.4) is 0 Å². The van der Waals surface area contributed by atoms with Gasteiger partial charge in [-0.25, -0.2) is 12.8 Å². The fourth-order valence-electron chi connectivity index (χ4n) is 2.04. The van der Waals surface area contributed by atoms with Gasteiger partial charge in [0, 0.05) is 20.6 Å². The van der Waals surface area contributed by atoms with Crippen LogP contribution < -0.4 is 5.32 Å². The molecule has 0 saturated carbocycles. The summed E-state index contributed by atoms with van der Waals surface area (Å²) in [5.41, 5.74) is 1.13. The smallest absolute Gasteiger partial charge is 0.245 e. The normalized spacial score (nSPS) is 11.6. The summed E-state index contributed by atoms with van der Waals surface area (Å²) in [4.78, 5) is 0.200. The first-order valence-electron chi connectivity index (χ1n) is 6.42. The van der Waals surface area contributed by atoms with Crippen LogP contribution in [0.15, 0.2) is 53.4 Å². The average molecular weight is 308 g/mol. The van der Waals surface area contributed by atoms with Crippen molar-refractivity contribution in [1.29, 1.82) is 0 Å². The molecule has 0 heterocycles. The number of halogens is 1. The molecule has 0 fully saturated rings. The summed E-state index contributed by atoms with van der Waals surface area (Å²) in [6, 6.07) is 12.6. The highest BCUT2D eigenvalue weighted by Gasteiger charge is 2.23. The molecule has 0 aliphatic heterocycles. The van der Waals surface area contributed by atoms with Crippen LogP contribution in [0.25, 0.3) is 0 Å². The van der Waals surface area contributed by atoms with E-state index in [9.17, 15) is 12.8 Å². The molecule has 0 aromatic heterocycles. The van der Waals surface area contributed by atoms with Gasteiger partial charge in [0.15, 0.2) is 0 Å². The maximum Gasteiger partial charge on any atom is 0.245 e. The van der Waals surface area contributed by atoms with Gasteiger partial charge in [-0.15, -0.1) is 0 Å². The number of nitrogens with one attached hydrogen (secondary N) is 1. The Morgan fingerprint density at radius 3 is 2.52 bits per heavy atom. The van der Waals surface area contributed by atoms with Crippen molar-refractivity contribution in [2.75, 3.05) is 19.4 Å². The number of sulfonamides is 1. The van der Waals surface area contributed by atoms with Crippen LogP contribution in [0.5, 0.6) is 0 Å². The summed E-state index contributed by atoms with van der Waals surface area (Å²) in [5, 5.41) is 2.86. The lowest BCUT2D eigenvalue weighted by Crippen LogP contribution is -2.27. The summed E-state index contributed by atoms with van der Waals surface area (Å²) in [7, 11) is -0.498. The Balaban J connectivity index is 2.31. The molecular weight excluding hydrogens is 291 g/mol. The van der Waals surface area contributed by atoms with Gasteiger partial charge >= 0.3 is 0 Å². The minimum Gasteiger partial charge on any atom is -0.387 e. The molecule has 2 aromatic rings. The van der Waals surface area contributed by atoms with Crippen molar-refractivity contribution in [2.24, 2.45) is 0 Å². The maximum atomic E-state index is 13.2. The fraction of sp³-hybridized carbons (Fsp3) is 0.200. The molecule has 6 heteroatoms.